The van der Waals surface area contributed by atoms with Gasteiger partial charge in [0, 0.05) is 23.6 Å². The Balaban J connectivity index is 1.54. The lowest BCUT2D eigenvalue weighted by Crippen LogP contribution is -2.59. The van der Waals surface area contributed by atoms with E-state index in [1.165, 1.54) is 4.31 Å². The monoisotopic (exact) mass is 482 g/mol. The van der Waals surface area contributed by atoms with Gasteiger partial charge >= 0.3 is 5.97 Å². The first-order valence-electron chi connectivity index (χ1n) is 11.8. The fourth-order valence-corrected chi connectivity index (χ4v) is 5.18. The van der Waals surface area contributed by atoms with Crippen LogP contribution in [-0.4, -0.2) is 38.8 Å². The Kier molecular flexibility index (Phi) is 7.16. The fraction of sp³-hybridized carbons (Fsp3) is 0.423. The number of nitrogens with zero attached hydrogens (tertiary/aromatic N) is 1. The van der Waals surface area contributed by atoms with Gasteiger partial charge in [0.25, 0.3) is 0 Å². The normalized spacial score (nSPS) is 15.9. The number of furan rings is 1. The summed E-state index contributed by atoms with van der Waals surface area (Å²) in [5.41, 5.74) is 1.05. The maximum Gasteiger partial charge on any atom is 0.326 e. The summed E-state index contributed by atoms with van der Waals surface area (Å²) in [6, 6.07) is 12.2. The van der Waals surface area contributed by atoms with Crippen LogP contribution in [0.1, 0.15) is 57.4 Å². The van der Waals surface area contributed by atoms with E-state index in [9.17, 15) is 19.5 Å². The Morgan fingerprint density at radius 1 is 1.12 bits per heavy atom. The van der Waals surface area contributed by atoms with E-state index in [2.05, 4.69) is 18.1 Å². The molecule has 2 aromatic carbocycles. The largest absolute Gasteiger partial charge is 0.480 e. The van der Waals surface area contributed by atoms with Gasteiger partial charge in [-0.1, -0.05) is 69.3 Å². The van der Waals surface area contributed by atoms with Crippen LogP contribution in [0.15, 0.2) is 46.9 Å². The molecular formula is C26H30N2O5S. The van der Waals surface area contributed by atoms with Gasteiger partial charge in [-0.05, 0) is 37.0 Å². The van der Waals surface area contributed by atoms with Crippen LogP contribution in [0.4, 0.5) is 0 Å². The van der Waals surface area contributed by atoms with Crippen LogP contribution in [0.2, 0.25) is 0 Å². The number of carboxylic acids is 1. The second-order valence-electron chi connectivity index (χ2n) is 9.04. The van der Waals surface area contributed by atoms with Crippen molar-refractivity contribution in [2.45, 2.75) is 69.9 Å². The van der Waals surface area contributed by atoms with E-state index in [4.69, 9.17) is 4.42 Å². The third kappa shape index (κ3) is 4.64. The number of carbonyl (C=O) groups is 3. The molecule has 2 amide bonds. The van der Waals surface area contributed by atoms with E-state index < -0.39 is 23.5 Å². The van der Waals surface area contributed by atoms with Gasteiger partial charge < -0.3 is 14.8 Å². The first-order valence-corrected chi connectivity index (χ1v) is 12.2. The molecule has 0 aliphatic heterocycles. The molecule has 1 fully saturated rings. The number of carboxylic acid groups (broad SMARTS) is 1. The topological polar surface area (TPSA) is 99.9 Å². The van der Waals surface area contributed by atoms with E-state index in [1.807, 2.05) is 49.4 Å². The highest BCUT2D eigenvalue weighted by molar-refractivity contribution is 7.78. The van der Waals surface area contributed by atoms with E-state index in [0.717, 1.165) is 47.6 Å². The molecule has 1 atom stereocenters. The number of unbranched alkanes of at least 4 members (excludes halogenated alkanes) is 1. The summed E-state index contributed by atoms with van der Waals surface area (Å²) in [5, 5.41) is 14.5. The predicted molar refractivity (Wildman–Crippen MR) is 134 cm³/mol. The first-order chi connectivity index (χ1) is 16.4. The average Bonchev–Trinajstić information content (AvgIpc) is 3.47. The minimum Gasteiger partial charge on any atom is -0.480 e. The third-order valence-corrected chi connectivity index (χ3v) is 7.33. The van der Waals surface area contributed by atoms with Gasteiger partial charge in [0.1, 0.15) is 22.7 Å². The Labute approximate surface area is 204 Å². The number of hydrogen-bond donors (Lipinski definition) is 3. The van der Waals surface area contributed by atoms with Crippen molar-refractivity contribution >= 4 is 52.5 Å². The summed E-state index contributed by atoms with van der Waals surface area (Å²) in [4.78, 5) is 38.1. The SMILES string of the molecule is CCCCC(=O)N(S)C1(C(=O)N[C@@H](Cc2ccc3c(c2)oc2ccccc23)C(=O)O)CCCC1. The highest BCUT2D eigenvalue weighted by atomic mass is 32.1. The number of thiol groups is 1. The number of fused-ring (bicyclic) bond motifs is 3. The van der Waals surface area contributed by atoms with Crippen LogP contribution in [0.5, 0.6) is 0 Å². The maximum atomic E-state index is 13.4. The number of carbonyl (C=O) groups excluding carboxylic acids is 2. The lowest BCUT2D eigenvalue weighted by atomic mass is 9.94. The van der Waals surface area contributed by atoms with Gasteiger partial charge in [-0.2, -0.15) is 0 Å². The third-order valence-electron chi connectivity index (χ3n) is 6.73. The van der Waals surface area contributed by atoms with Gasteiger partial charge in [0.15, 0.2) is 0 Å². The molecule has 0 radical (unpaired) electrons. The van der Waals surface area contributed by atoms with Crippen molar-refractivity contribution in [3.8, 4) is 0 Å². The van der Waals surface area contributed by atoms with Crippen molar-refractivity contribution in [3.05, 3.63) is 48.0 Å². The smallest absolute Gasteiger partial charge is 0.326 e. The van der Waals surface area contributed by atoms with Crippen LogP contribution < -0.4 is 5.32 Å². The summed E-state index contributed by atoms with van der Waals surface area (Å²) in [7, 11) is 0. The van der Waals surface area contributed by atoms with Gasteiger partial charge in [0.2, 0.25) is 11.8 Å². The molecule has 0 bridgehead atoms. The molecule has 7 nitrogen and oxygen atoms in total. The molecule has 180 valence electrons. The van der Waals surface area contributed by atoms with Crippen molar-refractivity contribution in [3.63, 3.8) is 0 Å². The second-order valence-corrected chi connectivity index (χ2v) is 9.44. The van der Waals surface area contributed by atoms with Crippen LogP contribution in [0.3, 0.4) is 0 Å². The molecule has 34 heavy (non-hydrogen) atoms. The number of benzene rings is 2. The van der Waals surface area contributed by atoms with Crippen LogP contribution >= 0.6 is 12.8 Å². The molecule has 1 aliphatic rings. The Bertz CT molecular complexity index is 1210. The van der Waals surface area contributed by atoms with Crippen molar-refractivity contribution in [2.24, 2.45) is 0 Å². The number of rotatable bonds is 9. The highest BCUT2D eigenvalue weighted by Gasteiger charge is 2.48. The van der Waals surface area contributed by atoms with E-state index in [1.54, 1.807) is 0 Å². The molecule has 1 aromatic heterocycles. The van der Waals surface area contributed by atoms with Gasteiger partial charge in [0.05, 0.1) is 0 Å². The lowest BCUT2D eigenvalue weighted by molar-refractivity contribution is -0.145. The first kappa shape index (κ1) is 24.1. The number of hydrogen-bond acceptors (Lipinski definition) is 5. The van der Waals surface area contributed by atoms with E-state index in [-0.39, 0.29) is 12.3 Å². The van der Waals surface area contributed by atoms with Crippen molar-refractivity contribution in [1.82, 2.24) is 9.62 Å². The van der Waals surface area contributed by atoms with E-state index in [0.29, 0.717) is 24.8 Å². The Morgan fingerprint density at radius 3 is 2.53 bits per heavy atom. The summed E-state index contributed by atoms with van der Waals surface area (Å²) in [6.45, 7) is 1.99. The van der Waals surface area contributed by atoms with Gasteiger partial charge in [-0.25, -0.2) is 4.79 Å². The summed E-state index contributed by atoms with van der Waals surface area (Å²) >= 11 is 4.42. The zero-order chi connectivity index (χ0) is 24.3. The molecular weight excluding hydrogens is 452 g/mol. The minimum absolute atomic E-state index is 0.0977. The molecule has 0 saturated heterocycles. The molecule has 4 rings (SSSR count). The standard InChI is InChI=1S/C26H30N2O5S/c1-2-3-10-23(29)28(34)26(13-6-7-14-26)25(32)27-20(24(30)31)15-17-11-12-19-18-8-4-5-9-21(18)33-22(19)16-17/h4-5,8-9,11-12,16,20,34H,2-3,6-7,10,13-15H2,1H3,(H,27,32)(H,30,31)/t20-/m0/s1. The summed E-state index contributed by atoms with van der Waals surface area (Å²) in [5.74, 6) is -1.79. The van der Waals surface area contributed by atoms with Gasteiger partial charge in [-0.15, -0.1) is 0 Å². The van der Waals surface area contributed by atoms with E-state index >= 15 is 0 Å². The number of para-hydroxylation sites is 1. The Morgan fingerprint density at radius 2 is 1.82 bits per heavy atom. The Hall–Kier alpha value is -3.00. The minimum atomic E-state index is -1.14. The number of aliphatic carboxylic acids is 1. The second kappa shape index (κ2) is 10.1. The summed E-state index contributed by atoms with van der Waals surface area (Å²) < 4.78 is 7.17. The van der Waals surface area contributed by atoms with Crippen LogP contribution in [0, 0.1) is 0 Å². The molecule has 0 unspecified atom stereocenters. The van der Waals surface area contributed by atoms with Crippen molar-refractivity contribution in [2.75, 3.05) is 0 Å². The zero-order valence-electron chi connectivity index (χ0n) is 19.3. The molecule has 8 heteroatoms. The molecule has 1 saturated carbocycles. The van der Waals surface area contributed by atoms with Crippen molar-refractivity contribution < 1.29 is 23.9 Å². The maximum absolute atomic E-state index is 13.4. The summed E-state index contributed by atoms with van der Waals surface area (Å²) in [6.07, 6.45) is 4.50. The molecule has 2 N–H and O–H groups in total. The van der Waals surface area contributed by atoms with Crippen molar-refractivity contribution in [1.29, 1.82) is 0 Å². The molecule has 3 aromatic rings. The molecule has 1 heterocycles. The average molecular weight is 483 g/mol. The van der Waals surface area contributed by atoms with Crippen LogP contribution in [-0.2, 0) is 20.8 Å². The molecule has 0 spiro atoms. The fourth-order valence-electron chi connectivity index (χ4n) is 4.79. The lowest BCUT2D eigenvalue weighted by Gasteiger charge is -2.37. The number of amides is 2. The predicted octanol–water partition coefficient (Wildman–Crippen LogP) is 4.87. The van der Waals surface area contributed by atoms with Crippen LogP contribution in [0.25, 0.3) is 21.9 Å². The zero-order valence-corrected chi connectivity index (χ0v) is 20.1. The quantitative estimate of drug-likeness (QED) is 0.378. The highest BCUT2D eigenvalue weighted by Crippen LogP contribution is 2.37. The molecule has 1 aliphatic carbocycles. The number of nitrogens with one attached hydrogen (secondary N) is 1. The van der Waals surface area contributed by atoms with Gasteiger partial charge in [-0.3, -0.25) is 13.9 Å².